The van der Waals surface area contributed by atoms with E-state index in [2.05, 4.69) is 15.2 Å². The number of pyridine rings is 1. The lowest BCUT2D eigenvalue weighted by Gasteiger charge is -2.29. The van der Waals surface area contributed by atoms with Crippen LogP contribution in [-0.4, -0.2) is 45.6 Å². The van der Waals surface area contributed by atoms with E-state index in [-0.39, 0.29) is 16.6 Å². The summed E-state index contributed by atoms with van der Waals surface area (Å²) in [4.78, 5) is 19.7. The van der Waals surface area contributed by atoms with Crippen LogP contribution in [-0.2, 0) is 26.9 Å². The van der Waals surface area contributed by atoms with Crippen molar-refractivity contribution in [3.63, 3.8) is 0 Å². The number of hydrogen-bond donors (Lipinski definition) is 1. The Morgan fingerprint density at radius 3 is 2.56 bits per heavy atom. The van der Waals surface area contributed by atoms with Gasteiger partial charge in [0.2, 0.25) is 0 Å². The number of morpholine rings is 1. The SMILES string of the molecule is O=C(NCc1cccnc1N1CCOCC1)c1cccc(CS(=O)(=O)c2ccccc2)c1. The van der Waals surface area contributed by atoms with Crippen LogP contribution in [0.4, 0.5) is 5.82 Å². The summed E-state index contributed by atoms with van der Waals surface area (Å²) in [7, 11) is -3.48. The Labute approximate surface area is 188 Å². The van der Waals surface area contributed by atoms with Crippen LogP contribution in [0.15, 0.2) is 77.8 Å². The van der Waals surface area contributed by atoms with E-state index in [1.54, 1.807) is 60.8 Å². The monoisotopic (exact) mass is 451 g/mol. The highest BCUT2D eigenvalue weighted by Gasteiger charge is 2.18. The Kier molecular flexibility index (Phi) is 6.82. The van der Waals surface area contributed by atoms with E-state index >= 15 is 0 Å². The molecule has 1 saturated heterocycles. The van der Waals surface area contributed by atoms with Gasteiger partial charge in [0, 0.05) is 37.0 Å². The zero-order valence-electron chi connectivity index (χ0n) is 17.6. The van der Waals surface area contributed by atoms with E-state index in [1.807, 2.05) is 12.1 Å². The van der Waals surface area contributed by atoms with Crippen LogP contribution in [0, 0.1) is 0 Å². The fraction of sp³-hybridized carbons (Fsp3) is 0.250. The number of nitrogens with zero attached hydrogens (tertiary/aromatic N) is 2. The molecule has 0 saturated carbocycles. The predicted molar refractivity (Wildman–Crippen MR) is 122 cm³/mol. The average molecular weight is 452 g/mol. The minimum atomic E-state index is -3.48. The zero-order valence-corrected chi connectivity index (χ0v) is 18.4. The first kappa shape index (κ1) is 22.0. The van der Waals surface area contributed by atoms with Crippen molar-refractivity contribution < 1.29 is 17.9 Å². The van der Waals surface area contributed by atoms with Gasteiger partial charge in [0.25, 0.3) is 5.91 Å². The van der Waals surface area contributed by atoms with Gasteiger partial charge < -0.3 is 15.0 Å². The lowest BCUT2D eigenvalue weighted by molar-refractivity contribution is 0.0950. The van der Waals surface area contributed by atoms with E-state index < -0.39 is 9.84 Å². The second-order valence-corrected chi connectivity index (χ2v) is 9.53. The van der Waals surface area contributed by atoms with Gasteiger partial charge in [0.05, 0.1) is 23.9 Å². The Morgan fingerprint density at radius 1 is 1.00 bits per heavy atom. The fourth-order valence-electron chi connectivity index (χ4n) is 3.64. The number of nitrogens with one attached hydrogen (secondary N) is 1. The van der Waals surface area contributed by atoms with Gasteiger partial charge in [-0.2, -0.15) is 0 Å². The van der Waals surface area contributed by atoms with E-state index in [0.717, 1.165) is 24.5 Å². The summed E-state index contributed by atoms with van der Waals surface area (Å²) < 4.78 is 30.7. The zero-order chi connectivity index (χ0) is 22.4. The number of rotatable bonds is 7. The van der Waals surface area contributed by atoms with Gasteiger partial charge in [0.15, 0.2) is 9.84 Å². The Balaban J connectivity index is 1.44. The van der Waals surface area contributed by atoms with E-state index in [9.17, 15) is 13.2 Å². The molecule has 0 aliphatic carbocycles. The standard InChI is InChI=1S/C24H25N3O4S/c28-24(26-17-21-8-5-11-25-23(21)27-12-14-31-15-13-27)20-7-4-6-19(16-20)18-32(29,30)22-9-2-1-3-10-22/h1-11,16H,12-15,17-18H2,(H,26,28). The van der Waals surface area contributed by atoms with Crippen molar-refractivity contribution in [1.82, 2.24) is 10.3 Å². The molecule has 0 radical (unpaired) electrons. The largest absolute Gasteiger partial charge is 0.378 e. The van der Waals surface area contributed by atoms with Gasteiger partial charge in [-0.15, -0.1) is 0 Å². The molecule has 1 aliphatic rings. The number of carbonyl (C=O) groups excluding carboxylic acids is 1. The lowest BCUT2D eigenvalue weighted by Crippen LogP contribution is -2.37. The molecule has 0 unspecified atom stereocenters. The Hall–Kier alpha value is -3.23. The van der Waals surface area contributed by atoms with Crippen molar-refractivity contribution >= 4 is 21.6 Å². The molecule has 1 amide bonds. The highest BCUT2D eigenvalue weighted by atomic mass is 32.2. The molecule has 2 heterocycles. The van der Waals surface area contributed by atoms with E-state index in [4.69, 9.17) is 4.74 Å². The number of sulfone groups is 1. The molecule has 32 heavy (non-hydrogen) atoms. The molecule has 0 atom stereocenters. The summed E-state index contributed by atoms with van der Waals surface area (Å²) in [5.41, 5.74) is 1.91. The summed E-state index contributed by atoms with van der Waals surface area (Å²) in [6.45, 7) is 3.15. The third-order valence-corrected chi connectivity index (χ3v) is 6.97. The van der Waals surface area contributed by atoms with Crippen LogP contribution >= 0.6 is 0 Å². The highest BCUT2D eigenvalue weighted by Crippen LogP contribution is 2.19. The quantitative estimate of drug-likeness (QED) is 0.594. The van der Waals surface area contributed by atoms with Gasteiger partial charge in [-0.25, -0.2) is 13.4 Å². The highest BCUT2D eigenvalue weighted by molar-refractivity contribution is 7.90. The normalized spacial score (nSPS) is 14.2. The number of carbonyl (C=O) groups is 1. The summed E-state index contributed by atoms with van der Waals surface area (Å²) >= 11 is 0. The molecule has 1 N–H and O–H groups in total. The number of hydrogen-bond acceptors (Lipinski definition) is 6. The van der Waals surface area contributed by atoms with Crippen LogP contribution in [0.3, 0.4) is 0 Å². The summed E-state index contributed by atoms with van der Waals surface area (Å²) in [6.07, 6.45) is 1.74. The van der Waals surface area contributed by atoms with Gasteiger partial charge >= 0.3 is 0 Å². The van der Waals surface area contributed by atoms with Gasteiger partial charge in [-0.05, 0) is 35.9 Å². The van der Waals surface area contributed by atoms with Crippen LogP contribution < -0.4 is 10.2 Å². The molecule has 7 nitrogen and oxygen atoms in total. The van der Waals surface area contributed by atoms with Crippen molar-refractivity contribution in [3.05, 3.63) is 89.6 Å². The molecule has 1 aromatic heterocycles. The van der Waals surface area contributed by atoms with Crippen LogP contribution in [0.2, 0.25) is 0 Å². The number of anilines is 1. The second kappa shape index (κ2) is 9.93. The molecule has 0 bridgehead atoms. The van der Waals surface area contributed by atoms with Gasteiger partial charge in [-0.1, -0.05) is 36.4 Å². The lowest BCUT2D eigenvalue weighted by atomic mass is 10.1. The molecule has 0 spiro atoms. The smallest absolute Gasteiger partial charge is 0.251 e. The first-order chi connectivity index (χ1) is 15.5. The first-order valence-electron chi connectivity index (χ1n) is 10.4. The van der Waals surface area contributed by atoms with Gasteiger partial charge in [0.1, 0.15) is 5.82 Å². The van der Waals surface area contributed by atoms with Crippen molar-refractivity contribution in [2.75, 3.05) is 31.2 Å². The summed E-state index contributed by atoms with van der Waals surface area (Å²) in [6, 6.07) is 18.8. The van der Waals surface area contributed by atoms with Gasteiger partial charge in [-0.3, -0.25) is 4.79 Å². The number of aromatic nitrogens is 1. The van der Waals surface area contributed by atoms with Crippen molar-refractivity contribution in [3.8, 4) is 0 Å². The number of benzene rings is 2. The molecule has 1 aliphatic heterocycles. The number of ether oxygens (including phenoxy) is 1. The molecule has 166 valence electrons. The van der Waals surface area contributed by atoms with Crippen LogP contribution in [0.5, 0.6) is 0 Å². The minimum absolute atomic E-state index is 0.165. The Bertz CT molecular complexity index is 1180. The van der Waals surface area contributed by atoms with Crippen molar-refractivity contribution in [2.24, 2.45) is 0 Å². The third-order valence-electron chi connectivity index (χ3n) is 5.27. The second-order valence-electron chi connectivity index (χ2n) is 7.54. The van der Waals surface area contributed by atoms with Crippen molar-refractivity contribution in [1.29, 1.82) is 0 Å². The number of amides is 1. The third kappa shape index (κ3) is 5.33. The maximum absolute atomic E-state index is 12.8. The minimum Gasteiger partial charge on any atom is -0.378 e. The molecule has 8 heteroatoms. The molecular weight excluding hydrogens is 426 g/mol. The first-order valence-corrected chi connectivity index (χ1v) is 12.1. The molecule has 2 aromatic carbocycles. The van der Waals surface area contributed by atoms with E-state index in [1.165, 1.54) is 0 Å². The predicted octanol–water partition coefficient (Wildman–Crippen LogP) is 2.82. The average Bonchev–Trinajstić information content (AvgIpc) is 2.84. The molecule has 3 aromatic rings. The summed E-state index contributed by atoms with van der Waals surface area (Å²) in [5, 5.41) is 2.93. The maximum Gasteiger partial charge on any atom is 0.251 e. The summed E-state index contributed by atoms with van der Waals surface area (Å²) in [5.74, 6) is 0.418. The molecule has 1 fully saturated rings. The fourth-order valence-corrected chi connectivity index (χ4v) is 5.00. The maximum atomic E-state index is 12.8. The van der Waals surface area contributed by atoms with Crippen LogP contribution in [0.25, 0.3) is 0 Å². The van der Waals surface area contributed by atoms with Crippen molar-refractivity contribution in [2.45, 2.75) is 17.2 Å². The van der Waals surface area contributed by atoms with Crippen LogP contribution in [0.1, 0.15) is 21.5 Å². The van der Waals surface area contributed by atoms with E-state index in [0.29, 0.717) is 30.9 Å². The topological polar surface area (TPSA) is 88.6 Å². The Morgan fingerprint density at radius 2 is 1.78 bits per heavy atom. The molecule has 4 rings (SSSR count). The molecular formula is C24H25N3O4S.